The van der Waals surface area contributed by atoms with Crippen LogP contribution in [0.4, 0.5) is 0 Å². The fourth-order valence-electron chi connectivity index (χ4n) is 4.42. The van der Waals surface area contributed by atoms with E-state index in [0.717, 1.165) is 23.1 Å². The molecule has 0 spiro atoms. The summed E-state index contributed by atoms with van der Waals surface area (Å²) in [4.78, 5) is 39.8. The number of carbonyl (C=O) groups is 2. The molecule has 32 heavy (non-hydrogen) atoms. The summed E-state index contributed by atoms with van der Waals surface area (Å²) in [6.07, 6.45) is 1.65. The van der Waals surface area contributed by atoms with Gasteiger partial charge < -0.3 is 20.1 Å². The van der Waals surface area contributed by atoms with E-state index in [2.05, 4.69) is 5.10 Å². The summed E-state index contributed by atoms with van der Waals surface area (Å²) in [7, 11) is 0. The number of ether oxygens (including phenoxy) is 2. The second-order valence-corrected chi connectivity index (χ2v) is 7.87. The zero-order valence-corrected chi connectivity index (χ0v) is 17.3. The minimum Gasteiger partial charge on any atom is -0.486 e. The van der Waals surface area contributed by atoms with E-state index in [-0.39, 0.29) is 24.2 Å². The minimum absolute atomic E-state index is 0.0298. The van der Waals surface area contributed by atoms with Gasteiger partial charge in [0, 0.05) is 11.9 Å². The molecule has 1 atom stereocenters. The number of fused-ring (bicyclic) bond motifs is 2. The summed E-state index contributed by atoms with van der Waals surface area (Å²) < 4.78 is 12.3. The van der Waals surface area contributed by atoms with E-state index in [1.807, 2.05) is 18.2 Å². The van der Waals surface area contributed by atoms with E-state index in [9.17, 15) is 14.4 Å². The van der Waals surface area contributed by atoms with Crippen molar-refractivity contribution in [3.8, 4) is 11.5 Å². The second-order valence-electron chi connectivity index (χ2n) is 7.87. The molecule has 9 nitrogen and oxygen atoms in total. The molecule has 2 aliphatic rings. The number of primary amides is 1. The van der Waals surface area contributed by atoms with E-state index < -0.39 is 11.5 Å². The molecule has 1 saturated heterocycles. The van der Waals surface area contributed by atoms with Gasteiger partial charge in [0.05, 0.1) is 11.4 Å². The van der Waals surface area contributed by atoms with Crippen molar-refractivity contribution in [1.82, 2.24) is 14.7 Å². The number of benzene rings is 2. The number of nitrogens with two attached hydrogens (primary N) is 1. The largest absolute Gasteiger partial charge is 0.486 e. The zero-order valence-electron chi connectivity index (χ0n) is 17.3. The molecule has 2 aromatic carbocycles. The molecule has 3 heterocycles. The first kappa shape index (κ1) is 20.0. The van der Waals surface area contributed by atoms with Crippen molar-refractivity contribution < 1.29 is 19.1 Å². The Morgan fingerprint density at radius 2 is 1.81 bits per heavy atom. The lowest BCUT2D eigenvalue weighted by Gasteiger charge is -2.27. The highest BCUT2D eigenvalue weighted by molar-refractivity contribution is 6.04. The van der Waals surface area contributed by atoms with Gasteiger partial charge >= 0.3 is 0 Å². The molecule has 5 rings (SSSR count). The average Bonchev–Trinajstić information content (AvgIpc) is 3.30. The van der Waals surface area contributed by atoms with Gasteiger partial charge in [-0.2, -0.15) is 5.10 Å². The van der Waals surface area contributed by atoms with Crippen LogP contribution in [0.1, 0.15) is 34.9 Å². The van der Waals surface area contributed by atoms with Crippen LogP contribution in [0.25, 0.3) is 10.8 Å². The van der Waals surface area contributed by atoms with Gasteiger partial charge in [0.25, 0.3) is 11.5 Å². The fourth-order valence-corrected chi connectivity index (χ4v) is 4.42. The SMILES string of the molecule is NC(=O)c1nn(CC(=O)N2CCCC2c2ccc3c(c2)OCCO3)c(=O)c2ccccc12. The van der Waals surface area contributed by atoms with Crippen molar-refractivity contribution in [1.29, 1.82) is 0 Å². The number of aromatic nitrogens is 2. The Kier molecular flexibility index (Phi) is 5.01. The van der Waals surface area contributed by atoms with Crippen molar-refractivity contribution in [3.63, 3.8) is 0 Å². The first-order valence-electron chi connectivity index (χ1n) is 10.5. The Bertz CT molecular complexity index is 1290. The van der Waals surface area contributed by atoms with E-state index in [1.165, 1.54) is 0 Å². The van der Waals surface area contributed by atoms with Crippen LogP contribution in [0.3, 0.4) is 0 Å². The van der Waals surface area contributed by atoms with E-state index in [0.29, 0.717) is 42.0 Å². The first-order chi connectivity index (χ1) is 15.5. The number of hydrogen-bond acceptors (Lipinski definition) is 6. The highest BCUT2D eigenvalue weighted by Gasteiger charge is 2.31. The van der Waals surface area contributed by atoms with Crippen LogP contribution in [0.5, 0.6) is 11.5 Å². The third-order valence-corrected chi connectivity index (χ3v) is 5.91. The number of hydrogen-bond donors (Lipinski definition) is 1. The Morgan fingerprint density at radius 3 is 2.59 bits per heavy atom. The lowest BCUT2D eigenvalue weighted by Crippen LogP contribution is -2.38. The quantitative estimate of drug-likeness (QED) is 0.667. The third kappa shape index (κ3) is 3.45. The summed E-state index contributed by atoms with van der Waals surface area (Å²) >= 11 is 0. The number of rotatable bonds is 4. The van der Waals surface area contributed by atoms with Crippen molar-refractivity contribution in [2.45, 2.75) is 25.4 Å². The molecule has 2 N–H and O–H groups in total. The van der Waals surface area contributed by atoms with Gasteiger partial charge in [-0.3, -0.25) is 14.4 Å². The van der Waals surface area contributed by atoms with Crippen LogP contribution in [-0.4, -0.2) is 46.3 Å². The summed E-state index contributed by atoms with van der Waals surface area (Å²) in [6, 6.07) is 12.2. The van der Waals surface area contributed by atoms with Crippen LogP contribution in [0.2, 0.25) is 0 Å². The van der Waals surface area contributed by atoms with Gasteiger partial charge in [-0.05, 0) is 36.6 Å². The minimum atomic E-state index is -0.752. The molecule has 3 aromatic rings. The van der Waals surface area contributed by atoms with E-state index in [1.54, 1.807) is 29.2 Å². The maximum atomic E-state index is 13.2. The predicted molar refractivity (Wildman–Crippen MR) is 116 cm³/mol. The number of carbonyl (C=O) groups excluding carboxylic acids is 2. The molecule has 2 amide bonds. The number of likely N-dealkylation sites (tertiary alicyclic amines) is 1. The van der Waals surface area contributed by atoms with Crippen LogP contribution in [0.15, 0.2) is 47.3 Å². The predicted octanol–water partition coefficient (Wildman–Crippen LogP) is 1.63. The molecule has 0 bridgehead atoms. The molecule has 1 fully saturated rings. The van der Waals surface area contributed by atoms with Crippen molar-refractivity contribution in [2.75, 3.05) is 19.8 Å². The van der Waals surface area contributed by atoms with Crippen LogP contribution in [-0.2, 0) is 11.3 Å². The first-order valence-corrected chi connectivity index (χ1v) is 10.5. The smallest absolute Gasteiger partial charge is 0.275 e. The molecule has 9 heteroatoms. The molecular weight excluding hydrogens is 412 g/mol. The van der Waals surface area contributed by atoms with Crippen molar-refractivity contribution >= 4 is 22.6 Å². The Hall–Kier alpha value is -3.88. The maximum Gasteiger partial charge on any atom is 0.275 e. The molecule has 0 aliphatic carbocycles. The highest BCUT2D eigenvalue weighted by Crippen LogP contribution is 2.38. The third-order valence-electron chi connectivity index (χ3n) is 5.91. The molecule has 2 aliphatic heterocycles. The highest BCUT2D eigenvalue weighted by atomic mass is 16.6. The Labute approximate surface area is 183 Å². The van der Waals surface area contributed by atoms with Gasteiger partial charge in [-0.15, -0.1) is 0 Å². The molecule has 0 saturated carbocycles. The Balaban J connectivity index is 1.45. The van der Waals surface area contributed by atoms with Crippen molar-refractivity contribution in [2.24, 2.45) is 5.73 Å². The van der Waals surface area contributed by atoms with Crippen LogP contribution < -0.4 is 20.8 Å². The second kappa shape index (κ2) is 7.99. The maximum absolute atomic E-state index is 13.2. The molecular formula is C23H22N4O5. The van der Waals surface area contributed by atoms with Gasteiger partial charge in [0.15, 0.2) is 17.2 Å². The standard InChI is InChI=1S/C23H22N4O5/c24-22(29)21-15-4-1-2-5-16(15)23(30)27(25-21)13-20(28)26-9-3-6-17(26)14-7-8-18-19(12-14)32-11-10-31-18/h1-2,4-5,7-8,12,17H,3,6,9-11,13H2,(H2,24,29). The molecule has 1 aromatic heterocycles. The number of amides is 2. The topological polar surface area (TPSA) is 117 Å². The van der Waals surface area contributed by atoms with Crippen molar-refractivity contribution in [3.05, 3.63) is 64.1 Å². The average molecular weight is 434 g/mol. The van der Waals surface area contributed by atoms with E-state index in [4.69, 9.17) is 15.2 Å². The molecule has 1 unspecified atom stereocenters. The molecule has 0 radical (unpaired) electrons. The van der Waals surface area contributed by atoms with Crippen LogP contribution >= 0.6 is 0 Å². The monoisotopic (exact) mass is 434 g/mol. The Morgan fingerprint density at radius 1 is 1.06 bits per heavy atom. The normalized spacial score (nSPS) is 17.5. The lowest BCUT2D eigenvalue weighted by molar-refractivity contribution is -0.133. The van der Waals surface area contributed by atoms with Gasteiger partial charge in [-0.25, -0.2) is 4.68 Å². The summed E-state index contributed by atoms with van der Waals surface area (Å²) in [5.74, 6) is 0.369. The summed E-state index contributed by atoms with van der Waals surface area (Å²) in [5, 5.41) is 4.79. The number of nitrogens with zero attached hydrogens (tertiary/aromatic N) is 3. The zero-order chi connectivity index (χ0) is 22.2. The summed E-state index contributed by atoms with van der Waals surface area (Å²) in [5.41, 5.74) is 5.96. The van der Waals surface area contributed by atoms with Gasteiger partial charge in [-0.1, -0.05) is 24.3 Å². The lowest BCUT2D eigenvalue weighted by atomic mass is 10.0. The fraction of sp³-hybridized carbons (Fsp3) is 0.304. The summed E-state index contributed by atoms with van der Waals surface area (Å²) in [6.45, 7) is 1.30. The van der Waals surface area contributed by atoms with Crippen LogP contribution in [0, 0.1) is 0 Å². The molecule has 164 valence electrons. The van der Waals surface area contributed by atoms with Gasteiger partial charge in [0.2, 0.25) is 5.91 Å². The van der Waals surface area contributed by atoms with Gasteiger partial charge in [0.1, 0.15) is 19.8 Å². The van der Waals surface area contributed by atoms with E-state index >= 15 is 0 Å².